The van der Waals surface area contributed by atoms with E-state index in [9.17, 15) is 10.1 Å². The van der Waals surface area contributed by atoms with Crippen molar-refractivity contribution in [1.82, 2.24) is 9.97 Å². The second kappa shape index (κ2) is 5.75. The van der Waals surface area contributed by atoms with Crippen LogP contribution in [0.25, 0.3) is 0 Å². The Morgan fingerprint density at radius 2 is 2.21 bits per heavy atom. The normalized spacial score (nSPS) is 10.4. The number of nitrogens with one attached hydrogen (secondary N) is 1. The summed E-state index contributed by atoms with van der Waals surface area (Å²) >= 11 is 1.63. The van der Waals surface area contributed by atoms with Crippen molar-refractivity contribution in [2.45, 2.75) is 26.8 Å². The molecule has 0 unspecified atom stereocenters. The molecule has 0 saturated heterocycles. The molecule has 2 aromatic heterocycles. The van der Waals surface area contributed by atoms with Gasteiger partial charge >= 0.3 is 0 Å². The fraction of sp³-hybridized carbons (Fsp3) is 0.333. The van der Waals surface area contributed by atoms with Crippen molar-refractivity contribution in [3.63, 3.8) is 0 Å². The van der Waals surface area contributed by atoms with Gasteiger partial charge in [-0.15, -0.1) is 11.3 Å². The number of hydrogen-bond donors (Lipinski definition) is 1. The van der Waals surface area contributed by atoms with Gasteiger partial charge in [-0.05, 0) is 13.3 Å². The first-order valence-corrected chi connectivity index (χ1v) is 6.70. The van der Waals surface area contributed by atoms with Gasteiger partial charge in [0.2, 0.25) is 0 Å². The van der Waals surface area contributed by atoms with Gasteiger partial charge in [0, 0.05) is 22.8 Å². The zero-order chi connectivity index (χ0) is 13.8. The highest BCUT2D eigenvalue weighted by molar-refractivity contribution is 7.11. The molecule has 0 spiro atoms. The summed E-state index contributed by atoms with van der Waals surface area (Å²) < 4.78 is 0. The Balaban J connectivity index is 2.07. The number of nitro groups is 1. The van der Waals surface area contributed by atoms with Crippen LogP contribution >= 0.6 is 11.3 Å². The average molecular weight is 278 g/mol. The monoisotopic (exact) mass is 278 g/mol. The number of thiazole rings is 1. The van der Waals surface area contributed by atoms with E-state index >= 15 is 0 Å². The minimum absolute atomic E-state index is 0.0749. The molecule has 0 fully saturated rings. The first-order chi connectivity index (χ1) is 9.10. The Morgan fingerprint density at radius 1 is 1.42 bits per heavy atom. The average Bonchev–Trinajstić information content (AvgIpc) is 2.85. The van der Waals surface area contributed by atoms with Gasteiger partial charge in [0.05, 0.1) is 17.5 Å². The van der Waals surface area contributed by atoms with Crippen LogP contribution in [0.15, 0.2) is 18.5 Å². The van der Waals surface area contributed by atoms with E-state index in [0.29, 0.717) is 17.9 Å². The SMILES string of the molecule is CCc1cnc(CNc2cc([N+](=O)[O-])c(C)cn2)s1. The van der Waals surface area contributed by atoms with Crippen LogP contribution in [0.3, 0.4) is 0 Å². The first kappa shape index (κ1) is 13.4. The zero-order valence-corrected chi connectivity index (χ0v) is 11.5. The van der Waals surface area contributed by atoms with Crippen molar-refractivity contribution < 1.29 is 4.92 Å². The summed E-state index contributed by atoms with van der Waals surface area (Å²) in [6.45, 7) is 4.27. The van der Waals surface area contributed by atoms with Gasteiger partial charge < -0.3 is 5.32 Å². The number of nitrogens with zero attached hydrogens (tertiary/aromatic N) is 3. The van der Waals surface area contributed by atoms with Crippen molar-refractivity contribution in [3.05, 3.63) is 44.0 Å². The van der Waals surface area contributed by atoms with Crippen molar-refractivity contribution in [1.29, 1.82) is 0 Å². The van der Waals surface area contributed by atoms with Crippen LogP contribution < -0.4 is 5.32 Å². The van der Waals surface area contributed by atoms with E-state index in [1.807, 2.05) is 6.20 Å². The van der Waals surface area contributed by atoms with E-state index < -0.39 is 4.92 Å². The minimum atomic E-state index is -0.402. The molecule has 0 aromatic carbocycles. The van der Waals surface area contributed by atoms with Gasteiger partial charge in [0.15, 0.2) is 0 Å². The molecule has 0 radical (unpaired) electrons. The highest BCUT2D eigenvalue weighted by Crippen LogP contribution is 2.21. The predicted molar refractivity (Wildman–Crippen MR) is 74.4 cm³/mol. The van der Waals surface area contributed by atoms with E-state index in [1.165, 1.54) is 17.1 Å². The van der Waals surface area contributed by atoms with Gasteiger partial charge in [0.1, 0.15) is 10.8 Å². The van der Waals surface area contributed by atoms with Crippen molar-refractivity contribution in [2.75, 3.05) is 5.32 Å². The Bertz CT molecular complexity index is 597. The fourth-order valence-electron chi connectivity index (χ4n) is 1.57. The van der Waals surface area contributed by atoms with Gasteiger partial charge in [-0.2, -0.15) is 0 Å². The van der Waals surface area contributed by atoms with Crippen LogP contribution in [-0.2, 0) is 13.0 Å². The number of hydrogen-bond acceptors (Lipinski definition) is 6. The van der Waals surface area contributed by atoms with Crippen LogP contribution in [0.5, 0.6) is 0 Å². The van der Waals surface area contributed by atoms with Gasteiger partial charge in [0.25, 0.3) is 5.69 Å². The summed E-state index contributed by atoms with van der Waals surface area (Å²) in [5.41, 5.74) is 0.629. The first-order valence-electron chi connectivity index (χ1n) is 5.88. The summed E-state index contributed by atoms with van der Waals surface area (Å²) in [6.07, 6.45) is 4.32. The van der Waals surface area contributed by atoms with Gasteiger partial charge in [-0.25, -0.2) is 9.97 Å². The second-order valence-electron chi connectivity index (χ2n) is 4.04. The molecule has 2 rings (SSSR count). The van der Waals surface area contributed by atoms with E-state index in [2.05, 4.69) is 22.2 Å². The van der Waals surface area contributed by atoms with Crippen LogP contribution in [0.1, 0.15) is 22.4 Å². The number of aryl methyl sites for hydroxylation is 2. The van der Waals surface area contributed by atoms with Gasteiger partial charge in [-0.3, -0.25) is 10.1 Å². The lowest BCUT2D eigenvalue weighted by atomic mass is 10.2. The lowest BCUT2D eigenvalue weighted by Crippen LogP contribution is -2.02. The Hall–Kier alpha value is -2.02. The Morgan fingerprint density at radius 3 is 2.84 bits per heavy atom. The molecule has 0 bridgehead atoms. The van der Waals surface area contributed by atoms with Gasteiger partial charge in [-0.1, -0.05) is 6.92 Å². The second-order valence-corrected chi connectivity index (χ2v) is 5.24. The van der Waals surface area contributed by atoms with Crippen LogP contribution in [0, 0.1) is 17.0 Å². The summed E-state index contributed by atoms with van der Waals surface area (Å²) in [4.78, 5) is 20.0. The highest BCUT2D eigenvalue weighted by atomic mass is 32.1. The van der Waals surface area contributed by atoms with Crippen LogP contribution in [0.4, 0.5) is 11.5 Å². The third-order valence-electron chi connectivity index (χ3n) is 2.64. The molecular weight excluding hydrogens is 264 g/mol. The standard InChI is InChI=1S/C12H14N4O2S/c1-3-9-6-15-12(19-9)7-14-11-4-10(16(17)18)8(2)5-13-11/h4-6H,3,7H2,1-2H3,(H,13,14). The molecule has 2 aromatic rings. The lowest BCUT2D eigenvalue weighted by molar-refractivity contribution is -0.385. The van der Waals surface area contributed by atoms with E-state index in [1.54, 1.807) is 18.3 Å². The number of anilines is 1. The third-order valence-corrected chi connectivity index (χ3v) is 3.78. The maximum atomic E-state index is 10.8. The molecule has 100 valence electrons. The van der Waals surface area contributed by atoms with E-state index in [4.69, 9.17) is 0 Å². The zero-order valence-electron chi connectivity index (χ0n) is 10.7. The molecule has 1 N–H and O–H groups in total. The molecular formula is C12H14N4O2S. The molecule has 6 nitrogen and oxygen atoms in total. The fourth-order valence-corrected chi connectivity index (χ4v) is 2.37. The number of aromatic nitrogens is 2. The molecule has 0 atom stereocenters. The maximum absolute atomic E-state index is 10.8. The molecule has 0 aliphatic rings. The molecule has 0 amide bonds. The third kappa shape index (κ3) is 3.25. The number of rotatable bonds is 5. The molecule has 2 heterocycles. The molecule has 0 saturated carbocycles. The maximum Gasteiger partial charge on any atom is 0.277 e. The molecule has 7 heteroatoms. The van der Waals surface area contributed by atoms with Crippen molar-refractivity contribution in [2.24, 2.45) is 0 Å². The summed E-state index contributed by atoms with van der Waals surface area (Å²) in [7, 11) is 0. The summed E-state index contributed by atoms with van der Waals surface area (Å²) in [6, 6.07) is 1.45. The number of pyridine rings is 1. The predicted octanol–water partition coefficient (Wildman–Crippen LogP) is 2.93. The van der Waals surface area contributed by atoms with Crippen molar-refractivity contribution >= 4 is 22.8 Å². The summed E-state index contributed by atoms with van der Waals surface area (Å²) in [5.74, 6) is 0.491. The van der Waals surface area contributed by atoms with Crippen molar-refractivity contribution in [3.8, 4) is 0 Å². The highest BCUT2D eigenvalue weighted by Gasteiger charge is 2.12. The van der Waals surface area contributed by atoms with E-state index in [-0.39, 0.29) is 5.69 Å². The largest absolute Gasteiger partial charge is 0.363 e. The quantitative estimate of drug-likeness (QED) is 0.671. The molecule has 19 heavy (non-hydrogen) atoms. The minimum Gasteiger partial charge on any atom is -0.363 e. The van der Waals surface area contributed by atoms with Crippen LogP contribution in [-0.4, -0.2) is 14.9 Å². The smallest absolute Gasteiger partial charge is 0.277 e. The summed E-state index contributed by atoms with van der Waals surface area (Å²) in [5, 5.41) is 14.8. The molecule has 0 aliphatic carbocycles. The Kier molecular flexibility index (Phi) is 4.06. The topological polar surface area (TPSA) is 81.0 Å². The van der Waals surface area contributed by atoms with E-state index in [0.717, 1.165) is 11.4 Å². The van der Waals surface area contributed by atoms with Crippen LogP contribution in [0.2, 0.25) is 0 Å². The Labute approximate surface area is 114 Å². The molecule has 0 aliphatic heterocycles. The lowest BCUT2D eigenvalue weighted by Gasteiger charge is -2.04.